The Bertz CT molecular complexity index is 511. The van der Waals surface area contributed by atoms with Crippen molar-refractivity contribution in [2.45, 2.75) is 32.8 Å². The van der Waals surface area contributed by atoms with Crippen LogP contribution in [0.25, 0.3) is 0 Å². The number of rotatable bonds is 7. The van der Waals surface area contributed by atoms with Crippen molar-refractivity contribution in [3.63, 3.8) is 0 Å². The van der Waals surface area contributed by atoms with E-state index < -0.39 is 0 Å². The highest BCUT2D eigenvalue weighted by atomic mass is 16.5. The summed E-state index contributed by atoms with van der Waals surface area (Å²) in [6.07, 6.45) is 2.68. The molecule has 0 unspecified atom stereocenters. The van der Waals surface area contributed by atoms with Crippen LogP contribution in [0.2, 0.25) is 0 Å². The summed E-state index contributed by atoms with van der Waals surface area (Å²) in [5.74, 6) is 2.03. The number of hydrogen-bond acceptors (Lipinski definition) is 5. The average Bonchev–Trinajstić information content (AvgIpc) is 2.86. The van der Waals surface area contributed by atoms with Crippen molar-refractivity contribution in [3.8, 4) is 5.75 Å². The number of nitrogens with two attached hydrogens (primary N) is 1. The molecule has 1 aromatic carbocycles. The number of nitrogens with zero attached hydrogens (tertiary/aromatic N) is 2. The molecule has 2 aromatic rings. The summed E-state index contributed by atoms with van der Waals surface area (Å²) >= 11 is 0. The summed E-state index contributed by atoms with van der Waals surface area (Å²) in [6, 6.07) is 7.88. The van der Waals surface area contributed by atoms with Gasteiger partial charge in [0.1, 0.15) is 5.75 Å². The fourth-order valence-corrected chi connectivity index (χ4v) is 1.78. The lowest BCUT2D eigenvalue weighted by atomic mass is 10.1. The molecule has 1 aromatic heterocycles. The van der Waals surface area contributed by atoms with Crippen LogP contribution in [0, 0.1) is 0 Å². The number of benzene rings is 1. The molecule has 0 spiro atoms. The first-order valence-corrected chi connectivity index (χ1v) is 6.55. The smallest absolute Gasteiger partial charge is 0.264 e. The Morgan fingerprint density at radius 1 is 1.32 bits per heavy atom. The van der Waals surface area contributed by atoms with Crippen molar-refractivity contribution in [1.82, 2.24) is 10.1 Å². The van der Waals surface area contributed by atoms with Gasteiger partial charge in [-0.05, 0) is 37.1 Å². The number of aryl methyl sites for hydroxylation is 1. The van der Waals surface area contributed by atoms with Gasteiger partial charge in [-0.1, -0.05) is 24.2 Å². The molecule has 0 fully saturated rings. The molecule has 2 N–H and O–H groups in total. The van der Waals surface area contributed by atoms with Gasteiger partial charge in [-0.25, -0.2) is 0 Å². The number of hydrogen-bond donors (Lipinski definition) is 1. The van der Waals surface area contributed by atoms with Gasteiger partial charge in [0.2, 0.25) is 0 Å². The molecule has 0 saturated heterocycles. The first-order chi connectivity index (χ1) is 9.31. The molecular weight excluding hydrogens is 242 g/mol. The summed E-state index contributed by atoms with van der Waals surface area (Å²) in [6.45, 7) is 3.01. The molecule has 0 radical (unpaired) electrons. The summed E-state index contributed by atoms with van der Waals surface area (Å²) in [4.78, 5) is 4.25. The fourth-order valence-electron chi connectivity index (χ4n) is 1.78. The molecular formula is C14H19N3O2. The minimum absolute atomic E-state index is 0.294. The van der Waals surface area contributed by atoms with Crippen LogP contribution in [0.5, 0.6) is 5.75 Å². The molecule has 0 amide bonds. The van der Waals surface area contributed by atoms with Gasteiger partial charge in [0.15, 0.2) is 12.4 Å². The lowest BCUT2D eigenvalue weighted by Crippen LogP contribution is -2.03. The monoisotopic (exact) mass is 261 g/mol. The van der Waals surface area contributed by atoms with E-state index in [2.05, 4.69) is 17.1 Å². The van der Waals surface area contributed by atoms with E-state index >= 15 is 0 Å². The van der Waals surface area contributed by atoms with Crippen molar-refractivity contribution in [1.29, 1.82) is 0 Å². The minimum Gasteiger partial charge on any atom is -0.484 e. The third kappa shape index (κ3) is 4.06. The number of aromatic nitrogens is 2. The summed E-state index contributed by atoms with van der Waals surface area (Å²) in [5.41, 5.74) is 6.70. The molecule has 2 rings (SSSR count). The maximum absolute atomic E-state index is 5.63. The molecule has 0 bridgehead atoms. The molecule has 0 aliphatic carbocycles. The Kier molecular flexibility index (Phi) is 4.92. The van der Waals surface area contributed by atoms with E-state index in [-0.39, 0.29) is 0 Å². The predicted molar refractivity (Wildman–Crippen MR) is 71.8 cm³/mol. The van der Waals surface area contributed by atoms with Gasteiger partial charge in [-0.3, -0.25) is 0 Å². The Morgan fingerprint density at radius 3 is 3.00 bits per heavy atom. The molecule has 0 aliphatic rings. The molecule has 5 heteroatoms. The van der Waals surface area contributed by atoms with Crippen molar-refractivity contribution in [2.75, 3.05) is 6.54 Å². The van der Waals surface area contributed by atoms with Crippen LogP contribution in [0.3, 0.4) is 0 Å². The van der Waals surface area contributed by atoms with Gasteiger partial charge in [-0.2, -0.15) is 4.98 Å². The lowest BCUT2D eigenvalue weighted by molar-refractivity contribution is 0.242. The van der Waals surface area contributed by atoms with E-state index in [4.69, 9.17) is 15.0 Å². The Morgan fingerprint density at radius 2 is 2.21 bits per heavy atom. The van der Waals surface area contributed by atoms with Gasteiger partial charge in [0.25, 0.3) is 5.89 Å². The Hall–Kier alpha value is -1.88. The molecule has 0 atom stereocenters. The molecule has 0 aliphatic heterocycles. The average molecular weight is 261 g/mol. The maximum atomic E-state index is 5.63. The van der Waals surface area contributed by atoms with Gasteiger partial charge >= 0.3 is 0 Å². The number of ether oxygens (including phenoxy) is 1. The van der Waals surface area contributed by atoms with Crippen molar-refractivity contribution < 1.29 is 9.26 Å². The van der Waals surface area contributed by atoms with Crippen LogP contribution in [0.4, 0.5) is 0 Å². The van der Waals surface area contributed by atoms with Gasteiger partial charge < -0.3 is 15.0 Å². The largest absolute Gasteiger partial charge is 0.484 e. The zero-order valence-electron chi connectivity index (χ0n) is 11.1. The second kappa shape index (κ2) is 6.89. The highest BCUT2D eigenvalue weighted by Gasteiger charge is 2.06. The van der Waals surface area contributed by atoms with Crippen LogP contribution < -0.4 is 10.5 Å². The standard InChI is InChI=1S/C14H19N3O2/c1-2-4-13-16-14(19-17-13)10-18-12-6-3-5-11(9-12)7-8-15/h3,5-6,9H,2,4,7-8,10,15H2,1H3. The van der Waals surface area contributed by atoms with Crippen LogP contribution in [0.1, 0.15) is 30.6 Å². The first-order valence-electron chi connectivity index (χ1n) is 6.55. The molecule has 19 heavy (non-hydrogen) atoms. The SMILES string of the molecule is CCCc1noc(COc2cccc(CCN)c2)n1. The van der Waals surface area contributed by atoms with E-state index in [1.807, 2.05) is 24.3 Å². The first kappa shape index (κ1) is 13.5. The van der Waals surface area contributed by atoms with Crippen LogP contribution in [0.15, 0.2) is 28.8 Å². The maximum Gasteiger partial charge on any atom is 0.264 e. The summed E-state index contributed by atoms with van der Waals surface area (Å²) < 4.78 is 10.7. The highest BCUT2D eigenvalue weighted by Crippen LogP contribution is 2.15. The van der Waals surface area contributed by atoms with Crippen molar-refractivity contribution in [2.24, 2.45) is 5.73 Å². The van der Waals surface area contributed by atoms with E-state index in [0.717, 1.165) is 36.4 Å². The second-order valence-corrected chi connectivity index (χ2v) is 4.33. The van der Waals surface area contributed by atoms with Gasteiger partial charge in [0.05, 0.1) is 0 Å². The Labute approximate surface area is 112 Å². The lowest BCUT2D eigenvalue weighted by Gasteiger charge is -2.05. The van der Waals surface area contributed by atoms with Gasteiger partial charge in [0, 0.05) is 6.42 Å². The third-order valence-corrected chi connectivity index (χ3v) is 2.68. The molecule has 102 valence electrons. The topological polar surface area (TPSA) is 74.2 Å². The van der Waals surface area contributed by atoms with E-state index in [1.165, 1.54) is 0 Å². The van der Waals surface area contributed by atoms with Gasteiger partial charge in [-0.15, -0.1) is 0 Å². The summed E-state index contributed by atoms with van der Waals surface area (Å²) in [5, 5.41) is 3.88. The van der Waals surface area contributed by atoms with E-state index in [0.29, 0.717) is 19.0 Å². The molecule has 5 nitrogen and oxygen atoms in total. The zero-order chi connectivity index (χ0) is 13.5. The van der Waals surface area contributed by atoms with Crippen LogP contribution in [-0.2, 0) is 19.4 Å². The van der Waals surface area contributed by atoms with E-state index in [9.17, 15) is 0 Å². The second-order valence-electron chi connectivity index (χ2n) is 4.33. The van der Waals surface area contributed by atoms with Crippen molar-refractivity contribution >= 4 is 0 Å². The normalized spacial score (nSPS) is 10.6. The summed E-state index contributed by atoms with van der Waals surface area (Å²) in [7, 11) is 0. The predicted octanol–water partition coefficient (Wildman–Crippen LogP) is 2.10. The zero-order valence-corrected chi connectivity index (χ0v) is 11.1. The van der Waals surface area contributed by atoms with Crippen LogP contribution in [-0.4, -0.2) is 16.7 Å². The van der Waals surface area contributed by atoms with Crippen LogP contribution >= 0.6 is 0 Å². The van der Waals surface area contributed by atoms with Crippen molar-refractivity contribution in [3.05, 3.63) is 41.5 Å². The molecule has 0 saturated carbocycles. The third-order valence-electron chi connectivity index (χ3n) is 2.68. The Balaban J connectivity index is 1.91. The highest BCUT2D eigenvalue weighted by molar-refractivity contribution is 5.28. The van der Waals surface area contributed by atoms with E-state index in [1.54, 1.807) is 0 Å². The fraction of sp³-hybridized carbons (Fsp3) is 0.429. The molecule has 1 heterocycles. The minimum atomic E-state index is 0.294. The quantitative estimate of drug-likeness (QED) is 0.826.